The number of aryl methyl sites for hydroxylation is 2. The molecule has 1 heterocycles. The highest BCUT2D eigenvalue weighted by atomic mass is 32.2. The van der Waals surface area contributed by atoms with Crippen LogP contribution in [0.25, 0.3) is 0 Å². The van der Waals surface area contributed by atoms with E-state index in [2.05, 4.69) is 34.6 Å². The summed E-state index contributed by atoms with van der Waals surface area (Å²) in [6.07, 6.45) is 0. The zero-order valence-electron chi connectivity index (χ0n) is 12.1. The predicted molar refractivity (Wildman–Crippen MR) is 84.9 cm³/mol. The molecule has 0 aliphatic carbocycles. The fourth-order valence-electron chi connectivity index (χ4n) is 1.95. The topological polar surface area (TPSA) is 47.0 Å². The van der Waals surface area contributed by atoms with Crippen LogP contribution in [0.2, 0.25) is 0 Å². The van der Waals surface area contributed by atoms with E-state index in [9.17, 15) is 0 Å². The van der Waals surface area contributed by atoms with Gasteiger partial charge in [0.25, 0.3) is 0 Å². The molecule has 0 aliphatic rings. The molecule has 0 bridgehead atoms. The van der Waals surface area contributed by atoms with E-state index in [-0.39, 0.29) is 6.04 Å². The molecule has 2 rings (SSSR count). The van der Waals surface area contributed by atoms with Crippen LogP contribution in [-0.4, -0.2) is 30.1 Å². The fourth-order valence-corrected chi connectivity index (χ4v) is 3.92. The van der Waals surface area contributed by atoms with E-state index in [1.807, 2.05) is 20.0 Å². The molecule has 0 spiro atoms. The van der Waals surface area contributed by atoms with Crippen molar-refractivity contribution in [1.82, 2.24) is 15.5 Å². The summed E-state index contributed by atoms with van der Waals surface area (Å²) in [7, 11) is 3.68. The van der Waals surface area contributed by atoms with Crippen LogP contribution in [0.1, 0.15) is 22.2 Å². The van der Waals surface area contributed by atoms with Gasteiger partial charge in [-0.1, -0.05) is 40.8 Å². The number of thioether (sulfide) groups is 1. The molecule has 0 saturated heterocycles. The highest BCUT2D eigenvalue weighted by Crippen LogP contribution is 2.31. The molecule has 108 valence electrons. The molecule has 1 atom stereocenters. The normalized spacial score (nSPS) is 12.4. The summed E-state index contributed by atoms with van der Waals surface area (Å²) in [6, 6.07) is 6.48. The number of aromatic nitrogens is 2. The quantitative estimate of drug-likeness (QED) is 0.830. The molecular formula is C14H19N3OS2. The molecule has 1 aromatic carbocycles. The van der Waals surface area contributed by atoms with Crippen LogP contribution in [-0.2, 0) is 0 Å². The molecule has 1 aromatic heterocycles. The first-order valence-electron chi connectivity index (χ1n) is 6.38. The minimum absolute atomic E-state index is 0.221. The van der Waals surface area contributed by atoms with Crippen molar-refractivity contribution in [1.29, 1.82) is 0 Å². The summed E-state index contributed by atoms with van der Waals surface area (Å²) < 4.78 is 6.47. The van der Waals surface area contributed by atoms with Crippen molar-refractivity contribution in [3.8, 4) is 5.75 Å². The Morgan fingerprint density at radius 1 is 1.35 bits per heavy atom. The van der Waals surface area contributed by atoms with E-state index >= 15 is 0 Å². The van der Waals surface area contributed by atoms with Gasteiger partial charge in [0.2, 0.25) is 0 Å². The van der Waals surface area contributed by atoms with Crippen molar-refractivity contribution in [3.63, 3.8) is 0 Å². The summed E-state index contributed by atoms with van der Waals surface area (Å²) in [5.74, 6) is 1.81. The smallest absolute Gasteiger partial charge is 0.174 e. The van der Waals surface area contributed by atoms with Crippen molar-refractivity contribution in [2.75, 3.05) is 19.9 Å². The van der Waals surface area contributed by atoms with E-state index in [0.717, 1.165) is 20.8 Å². The fraction of sp³-hybridized carbons (Fsp3) is 0.429. The van der Waals surface area contributed by atoms with Crippen molar-refractivity contribution >= 4 is 23.1 Å². The van der Waals surface area contributed by atoms with Crippen LogP contribution in [0.5, 0.6) is 5.75 Å². The number of nitrogens with one attached hydrogen (secondary N) is 1. The molecule has 1 N–H and O–H groups in total. The number of hydrogen-bond acceptors (Lipinski definition) is 6. The molecule has 6 heteroatoms. The summed E-state index contributed by atoms with van der Waals surface area (Å²) in [5, 5.41) is 12.5. The van der Waals surface area contributed by atoms with Gasteiger partial charge < -0.3 is 10.1 Å². The third kappa shape index (κ3) is 3.71. The maximum absolute atomic E-state index is 5.46. The van der Waals surface area contributed by atoms with Crippen LogP contribution < -0.4 is 10.1 Å². The lowest BCUT2D eigenvalue weighted by Crippen LogP contribution is -2.19. The molecule has 4 nitrogen and oxygen atoms in total. The first kappa shape index (κ1) is 15.3. The maximum Gasteiger partial charge on any atom is 0.174 e. The van der Waals surface area contributed by atoms with Gasteiger partial charge in [0, 0.05) is 17.4 Å². The van der Waals surface area contributed by atoms with E-state index in [4.69, 9.17) is 4.74 Å². The van der Waals surface area contributed by atoms with Gasteiger partial charge in [0.05, 0.1) is 7.11 Å². The first-order valence-corrected chi connectivity index (χ1v) is 8.19. The number of nitrogens with zero attached hydrogens (tertiary/aromatic N) is 2. The van der Waals surface area contributed by atoms with Gasteiger partial charge in [-0.3, -0.25) is 0 Å². The van der Waals surface area contributed by atoms with Gasteiger partial charge in [0.1, 0.15) is 10.8 Å². The van der Waals surface area contributed by atoms with E-state index in [1.54, 1.807) is 30.2 Å². The number of hydrogen-bond donors (Lipinski definition) is 1. The second kappa shape index (κ2) is 7.06. The number of rotatable bonds is 6. The number of ether oxygens (including phenoxy) is 1. The lowest BCUT2D eigenvalue weighted by Gasteiger charge is -2.19. The number of benzene rings is 1. The van der Waals surface area contributed by atoms with Crippen LogP contribution in [0.3, 0.4) is 0 Å². The Kier molecular flexibility index (Phi) is 5.39. The lowest BCUT2D eigenvalue weighted by molar-refractivity contribution is 0.404. The van der Waals surface area contributed by atoms with Crippen LogP contribution in [0, 0.1) is 13.8 Å². The molecule has 0 fully saturated rings. The third-order valence-corrected chi connectivity index (χ3v) is 5.06. The highest BCUT2D eigenvalue weighted by molar-refractivity contribution is 8.01. The van der Waals surface area contributed by atoms with E-state index in [0.29, 0.717) is 0 Å². The molecule has 0 aliphatic heterocycles. The lowest BCUT2D eigenvalue weighted by atomic mass is 10.0. The Bertz CT molecular complexity index is 571. The van der Waals surface area contributed by atoms with Crippen molar-refractivity contribution in [2.24, 2.45) is 0 Å². The summed E-state index contributed by atoms with van der Waals surface area (Å²) in [6.45, 7) is 4.07. The van der Waals surface area contributed by atoms with Gasteiger partial charge in [-0.15, -0.1) is 10.2 Å². The van der Waals surface area contributed by atoms with Gasteiger partial charge in [-0.25, -0.2) is 0 Å². The van der Waals surface area contributed by atoms with Crippen molar-refractivity contribution < 1.29 is 4.74 Å². The first-order chi connectivity index (χ1) is 9.63. The van der Waals surface area contributed by atoms with Crippen LogP contribution in [0.4, 0.5) is 0 Å². The van der Waals surface area contributed by atoms with Crippen LogP contribution in [0.15, 0.2) is 22.5 Å². The van der Waals surface area contributed by atoms with Gasteiger partial charge in [0.15, 0.2) is 4.34 Å². The molecule has 1 unspecified atom stereocenters. The molecular weight excluding hydrogens is 290 g/mol. The highest BCUT2D eigenvalue weighted by Gasteiger charge is 2.16. The molecule has 0 radical (unpaired) electrons. The minimum Gasteiger partial charge on any atom is -0.496 e. The molecule has 0 saturated carbocycles. The van der Waals surface area contributed by atoms with E-state index < -0.39 is 0 Å². The standard InChI is InChI=1S/C14H19N3OS2/c1-9-5-6-13(18-4)11(7-9)12(15-3)8-19-14-17-16-10(2)20-14/h5-7,12,15H,8H2,1-4H3. The second-order valence-electron chi connectivity index (χ2n) is 4.48. The molecule has 0 amide bonds. The average molecular weight is 309 g/mol. The molecule has 2 aromatic rings. The molecule has 20 heavy (non-hydrogen) atoms. The average Bonchev–Trinajstić information content (AvgIpc) is 2.85. The zero-order valence-corrected chi connectivity index (χ0v) is 13.8. The van der Waals surface area contributed by atoms with Gasteiger partial charge in [-0.05, 0) is 27.0 Å². The monoisotopic (exact) mass is 309 g/mol. The van der Waals surface area contributed by atoms with Crippen molar-refractivity contribution in [3.05, 3.63) is 34.3 Å². The zero-order chi connectivity index (χ0) is 14.5. The second-order valence-corrected chi connectivity index (χ2v) is 6.93. The summed E-state index contributed by atoms with van der Waals surface area (Å²) in [4.78, 5) is 0. The summed E-state index contributed by atoms with van der Waals surface area (Å²) >= 11 is 3.35. The maximum atomic E-state index is 5.46. The Hall–Kier alpha value is -1.11. The third-order valence-electron chi connectivity index (χ3n) is 2.99. The minimum atomic E-state index is 0.221. The van der Waals surface area contributed by atoms with Gasteiger partial charge in [-0.2, -0.15) is 0 Å². The van der Waals surface area contributed by atoms with Crippen LogP contribution >= 0.6 is 23.1 Å². The van der Waals surface area contributed by atoms with E-state index in [1.165, 1.54) is 11.1 Å². The van der Waals surface area contributed by atoms with Crippen molar-refractivity contribution in [2.45, 2.75) is 24.2 Å². The predicted octanol–water partition coefficient (Wildman–Crippen LogP) is 3.22. The Balaban J connectivity index is 2.13. The largest absolute Gasteiger partial charge is 0.496 e. The number of methoxy groups -OCH3 is 1. The Morgan fingerprint density at radius 2 is 2.15 bits per heavy atom. The Morgan fingerprint density at radius 3 is 2.75 bits per heavy atom. The Labute approximate surface area is 128 Å². The van der Waals surface area contributed by atoms with Gasteiger partial charge >= 0.3 is 0 Å². The summed E-state index contributed by atoms with van der Waals surface area (Å²) in [5.41, 5.74) is 2.42. The SMILES string of the molecule is CNC(CSc1nnc(C)s1)c1cc(C)ccc1OC.